The molecule has 0 unspecified atom stereocenters. The molecule has 1 fully saturated rings. The van der Waals surface area contributed by atoms with Gasteiger partial charge >= 0.3 is 0 Å². The zero-order chi connectivity index (χ0) is 14.5. The van der Waals surface area contributed by atoms with Crippen molar-refractivity contribution in [2.75, 3.05) is 31.1 Å². The van der Waals surface area contributed by atoms with Gasteiger partial charge in [-0.3, -0.25) is 4.79 Å². The van der Waals surface area contributed by atoms with Gasteiger partial charge in [-0.15, -0.1) is 0 Å². The summed E-state index contributed by atoms with van der Waals surface area (Å²) in [6.07, 6.45) is 3.47. The van der Waals surface area contributed by atoms with E-state index in [1.54, 1.807) is 6.33 Å². The summed E-state index contributed by atoms with van der Waals surface area (Å²) in [4.78, 5) is 25.0. The molecule has 5 heteroatoms. The molecule has 2 rings (SSSR count). The van der Waals surface area contributed by atoms with Crippen molar-refractivity contribution < 1.29 is 4.79 Å². The standard InChI is InChI=1S/C15H24N4O/c1-4-13(5-2)15(20)19-8-6-18(7-9-19)14-10-12(3)16-11-17-14/h10-11,13H,4-9H2,1-3H3. The summed E-state index contributed by atoms with van der Waals surface area (Å²) in [5, 5.41) is 0. The van der Waals surface area contributed by atoms with Crippen LogP contribution in [0.25, 0.3) is 0 Å². The van der Waals surface area contributed by atoms with Gasteiger partial charge in [-0.2, -0.15) is 0 Å². The maximum absolute atomic E-state index is 12.3. The van der Waals surface area contributed by atoms with E-state index in [0.717, 1.165) is 50.5 Å². The van der Waals surface area contributed by atoms with Crippen LogP contribution >= 0.6 is 0 Å². The first-order valence-corrected chi connectivity index (χ1v) is 7.48. The summed E-state index contributed by atoms with van der Waals surface area (Å²) < 4.78 is 0. The van der Waals surface area contributed by atoms with Crippen LogP contribution in [0.3, 0.4) is 0 Å². The van der Waals surface area contributed by atoms with E-state index in [0.29, 0.717) is 5.91 Å². The average Bonchev–Trinajstić information content (AvgIpc) is 2.48. The van der Waals surface area contributed by atoms with Gasteiger partial charge in [0, 0.05) is 43.9 Å². The highest BCUT2D eigenvalue weighted by Crippen LogP contribution is 2.17. The summed E-state index contributed by atoms with van der Waals surface area (Å²) in [7, 11) is 0. The predicted octanol–water partition coefficient (Wildman–Crippen LogP) is 1.87. The Bertz CT molecular complexity index is 451. The van der Waals surface area contributed by atoms with Gasteiger partial charge in [0.15, 0.2) is 0 Å². The molecule has 0 saturated carbocycles. The molecule has 0 bridgehead atoms. The molecule has 1 aliphatic heterocycles. The van der Waals surface area contributed by atoms with Crippen molar-refractivity contribution in [2.24, 2.45) is 5.92 Å². The van der Waals surface area contributed by atoms with Crippen LogP contribution in [-0.2, 0) is 4.79 Å². The molecule has 1 aliphatic rings. The zero-order valence-electron chi connectivity index (χ0n) is 12.7. The molecule has 1 aromatic rings. The molecule has 0 spiro atoms. The second kappa shape index (κ2) is 6.68. The van der Waals surface area contributed by atoms with Crippen LogP contribution in [0.5, 0.6) is 0 Å². The van der Waals surface area contributed by atoms with Gasteiger partial charge in [0.05, 0.1) is 0 Å². The fourth-order valence-electron chi connectivity index (χ4n) is 2.67. The topological polar surface area (TPSA) is 49.3 Å². The number of nitrogens with zero attached hydrogens (tertiary/aromatic N) is 4. The highest BCUT2D eigenvalue weighted by Gasteiger charge is 2.25. The lowest BCUT2D eigenvalue weighted by Crippen LogP contribution is -2.50. The molecular formula is C15H24N4O. The second-order valence-corrected chi connectivity index (χ2v) is 5.34. The average molecular weight is 276 g/mol. The largest absolute Gasteiger partial charge is 0.353 e. The van der Waals surface area contributed by atoms with E-state index in [1.807, 2.05) is 17.9 Å². The molecule has 0 aliphatic carbocycles. The lowest BCUT2D eigenvalue weighted by Gasteiger charge is -2.36. The monoisotopic (exact) mass is 276 g/mol. The van der Waals surface area contributed by atoms with Crippen LogP contribution < -0.4 is 4.90 Å². The van der Waals surface area contributed by atoms with E-state index in [-0.39, 0.29) is 5.92 Å². The van der Waals surface area contributed by atoms with E-state index in [9.17, 15) is 4.79 Å². The zero-order valence-corrected chi connectivity index (χ0v) is 12.7. The minimum Gasteiger partial charge on any atom is -0.353 e. The maximum atomic E-state index is 12.3. The maximum Gasteiger partial charge on any atom is 0.225 e. The Morgan fingerprint density at radius 2 is 1.85 bits per heavy atom. The molecule has 5 nitrogen and oxygen atoms in total. The van der Waals surface area contributed by atoms with Gasteiger partial charge in [0.1, 0.15) is 12.1 Å². The first-order chi connectivity index (χ1) is 9.65. The summed E-state index contributed by atoms with van der Waals surface area (Å²) in [5.41, 5.74) is 0.977. The number of piperazine rings is 1. The minimum atomic E-state index is 0.183. The lowest BCUT2D eigenvalue weighted by atomic mass is 10.0. The molecule has 0 atom stereocenters. The molecule has 110 valence electrons. The highest BCUT2D eigenvalue weighted by atomic mass is 16.2. The molecule has 1 amide bonds. The molecule has 1 saturated heterocycles. The number of carbonyl (C=O) groups is 1. The van der Waals surface area contributed by atoms with Gasteiger partial charge in [0.2, 0.25) is 5.91 Å². The number of hydrogen-bond donors (Lipinski definition) is 0. The third-order valence-corrected chi connectivity index (χ3v) is 4.04. The van der Waals surface area contributed by atoms with E-state index in [4.69, 9.17) is 0 Å². The molecule has 1 aromatic heterocycles. The molecule has 0 aromatic carbocycles. The Labute approximate surface area is 121 Å². The Balaban J connectivity index is 1.94. The molecule has 20 heavy (non-hydrogen) atoms. The lowest BCUT2D eigenvalue weighted by molar-refractivity contribution is -0.136. The van der Waals surface area contributed by atoms with Gasteiger partial charge < -0.3 is 9.80 Å². The Morgan fingerprint density at radius 3 is 2.40 bits per heavy atom. The van der Waals surface area contributed by atoms with Gasteiger partial charge in [-0.05, 0) is 19.8 Å². The van der Waals surface area contributed by atoms with Crippen molar-refractivity contribution in [3.63, 3.8) is 0 Å². The Hall–Kier alpha value is -1.65. The quantitative estimate of drug-likeness (QED) is 0.842. The summed E-state index contributed by atoms with van der Waals surface area (Å²) in [6.45, 7) is 9.43. The SMILES string of the molecule is CCC(CC)C(=O)N1CCN(c2cc(C)ncn2)CC1. The summed E-state index contributed by atoms with van der Waals surface area (Å²) in [6, 6.07) is 2.00. The molecule has 0 N–H and O–H groups in total. The normalized spacial score (nSPS) is 15.8. The van der Waals surface area contributed by atoms with Crippen LogP contribution in [0, 0.1) is 12.8 Å². The number of rotatable bonds is 4. The Morgan fingerprint density at radius 1 is 1.20 bits per heavy atom. The third-order valence-electron chi connectivity index (χ3n) is 4.04. The van der Waals surface area contributed by atoms with E-state index in [2.05, 4.69) is 28.7 Å². The van der Waals surface area contributed by atoms with Crippen LogP contribution in [-0.4, -0.2) is 47.0 Å². The molecule has 2 heterocycles. The molecule has 0 radical (unpaired) electrons. The second-order valence-electron chi connectivity index (χ2n) is 5.34. The van der Waals surface area contributed by atoms with Crippen molar-refractivity contribution in [1.29, 1.82) is 0 Å². The first-order valence-electron chi connectivity index (χ1n) is 7.48. The van der Waals surface area contributed by atoms with Crippen molar-refractivity contribution in [1.82, 2.24) is 14.9 Å². The smallest absolute Gasteiger partial charge is 0.225 e. The Kier molecular flexibility index (Phi) is 4.93. The highest BCUT2D eigenvalue weighted by molar-refractivity contribution is 5.79. The van der Waals surface area contributed by atoms with Crippen LogP contribution in [0.15, 0.2) is 12.4 Å². The van der Waals surface area contributed by atoms with Crippen molar-refractivity contribution in [2.45, 2.75) is 33.6 Å². The number of aromatic nitrogens is 2. The van der Waals surface area contributed by atoms with E-state index in [1.165, 1.54) is 0 Å². The van der Waals surface area contributed by atoms with E-state index < -0.39 is 0 Å². The van der Waals surface area contributed by atoms with Crippen LogP contribution in [0.2, 0.25) is 0 Å². The van der Waals surface area contributed by atoms with Gasteiger partial charge in [-0.25, -0.2) is 9.97 Å². The summed E-state index contributed by atoms with van der Waals surface area (Å²) >= 11 is 0. The van der Waals surface area contributed by atoms with Crippen LogP contribution in [0.4, 0.5) is 5.82 Å². The minimum absolute atomic E-state index is 0.183. The van der Waals surface area contributed by atoms with Gasteiger partial charge in [0.25, 0.3) is 0 Å². The number of carbonyl (C=O) groups excluding carboxylic acids is 1. The van der Waals surface area contributed by atoms with Crippen molar-refractivity contribution >= 4 is 11.7 Å². The predicted molar refractivity (Wildman–Crippen MR) is 79.6 cm³/mol. The van der Waals surface area contributed by atoms with E-state index >= 15 is 0 Å². The van der Waals surface area contributed by atoms with Crippen LogP contribution in [0.1, 0.15) is 32.4 Å². The fourth-order valence-corrected chi connectivity index (χ4v) is 2.67. The third kappa shape index (κ3) is 3.26. The number of amides is 1. The van der Waals surface area contributed by atoms with Gasteiger partial charge in [-0.1, -0.05) is 13.8 Å². The number of hydrogen-bond acceptors (Lipinski definition) is 4. The number of anilines is 1. The van der Waals surface area contributed by atoms with Crippen molar-refractivity contribution in [3.05, 3.63) is 18.1 Å². The summed E-state index contributed by atoms with van der Waals surface area (Å²) in [5.74, 6) is 1.46. The van der Waals surface area contributed by atoms with Crippen molar-refractivity contribution in [3.8, 4) is 0 Å². The molecular weight excluding hydrogens is 252 g/mol. The fraction of sp³-hybridized carbons (Fsp3) is 0.667. The number of aryl methyl sites for hydroxylation is 1. The first kappa shape index (κ1) is 14.8.